The molecule has 222 valence electrons. The molecule has 5 nitrogen and oxygen atoms in total. The number of nitriles is 2. The Kier molecular flexibility index (Phi) is 6.18. The van der Waals surface area contributed by atoms with Gasteiger partial charge in [0.2, 0.25) is 0 Å². The van der Waals surface area contributed by atoms with Crippen molar-refractivity contribution < 1.29 is 0 Å². The highest BCUT2D eigenvalue weighted by Crippen LogP contribution is 2.42. The number of nitrogens with zero attached hydrogens (tertiary/aromatic N) is 5. The van der Waals surface area contributed by atoms with Crippen molar-refractivity contribution in [3.8, 4) is 45.8 Å². The van der Waals surface area contributed by atoms with Crippen molar-refractivity contribution in [2.75, 3.05) is 0 Å². The molecule has 0 amide bonds. The predicted molar refractivity (Wildman–Crippen MR) is 193 cm³/mol. The molecule has 0 aliphatic rings. The molecule has 0 N–H and O–H groups in total. The summed E-state index contributed by atoms with van der Waals surface area (Å²) in [5.74, 6) is 0. The van der Waals surface area contributed by atoms with Crippen LogP contribution >= 0.6 is 0 Å². The zero-order valence-electron chi connectivity index (χ0n) is 25.7. The lowest BCUT2D eigenvalue weighted by atomic mass is 9.89. The summed E-state index contributed by atoms with van der Waals surface area (Å²) in [4.78, 5) is 4.55. The van der Waals surface area contributed by atoms with Crippen LogP contribution in [-0.4, -0.2) is 14.1 Å². The third-order valence-corrected chi connectivity index (χ3v) is 9.34. The molecule has 9 aromatic rings. The van der Waals surface area contributed by atoms with E-state index >= 15 is 0 Å². The average molecular weight is 612 g/mol. The van der Waals surface area contributed by atoms with Crippen LogP contribution in [0.2, 0.25) is 0 Å². The summed E-state index contributed by atoms with van der Waals surface area (Å²) in [6, 6.07) is 52.1. The van der Waals surface area contributed by atoms with Crippen molar-refractivity contribution in [1.29, 1.82) is 10.5 Å². The summed E-state index contributed by atoms with van der Waals surface area (Å²) in [7, 11) is 0. The number of hydrogen-bond acceptors (Lipinski definition) is 3. The van der Waals surface area contributed by atoms with Crippen molar-refractivity contribution in [3.63, 3.8) is 0 Å². The summed E-state index contributed by atoms with van der Waals surface area (Å²) in [5, 5.41) is 26.0. The summed E-state index contributed by atoms with van der Waals surface area (Å²) >= 11 is 0. The van der Waals surface area contributed by atoms with Crippen LogP contribution in [0, 0.1) is 22.7 Å². The van der Waals surface area contributed by atoms with Gasteiger partial charge in [-0.25, -0.2) is 0 Å². The quantitative estimate of drug-likeness (QED) is 0.199. The molecule has 0 saturated heterocycles. The monoisotopic (exact) mass is 611 g/mol. The van der Waals surface area contributed by atoms with E-state index in [-0.39, 0.29) is 0 Å². The number of fused-ring (bicyclic) bond motifs is 6. The number of benzene rings is 6. The van der Waals surface area contributed by atoms with Crippen molar-refractivity contribution in [1.82, 2.24) is 14.1 Å². The van der Waals surface area contributed by atoms with Crippen LogP contribution in [0.3, 0.4) is 0 Å². The van der Waals surface area contributed by atoms with Gasteiger partial charge in [-0.1, -0.05) is 97.1 Å². The Morgan fingerprint density at radius 2 is 0.938 bits per heavy atom. The van der Waals surface area contributed by atoms with E-state index in [1.54, 1.807) is 6.20 Å². The molecule has 9 rings (SSSR count). The Bertz CT molecular complexity index is 2710. The van der Waals surface area contributed by atoms with Crippen LogP contribution in [0.5, 0.6) is 0 Å². The summed E-state index contributed by atoms with van der Waals surface area (Å²) in [6.45, 7) is 0. The van der Waals surface area contributed by atoms with Crippen LogP contribution in [-0.2, 0) is 0 Å². The van der Waals surface area contributed by atoms with Gasteiger partial charge in [-0.3, -0.25) is 4.98 Å². The molecular weight excluding hydrogens is 587 g/mol. The second kappa shape index (κ2) is 10.8. The van der Waals surface area contributed by atoms with E-state index in [1.165, 1.54) is 0 Å². The normalized spacial score (nSPS) is 11.3. The molecule has 48 heavy (non-hydrogen) atoms. The van der Waals surface area contributed by atoms with Crippen molar-refractivity contribution in [3.05, 3.63) is 163 Å². The van der Waals surface area contributed by atoms with E-state index in [4.69, 9.17) is 0 Å². The molecule has 0 atom stereocenters. The zero-order valence-corrected chi connectivity index (χ0v) is 25.7. The number of hydrogen-bond donors (Lipinski definition) is 0. The Hall–Kier alpha value is -6.95. The van der Waals surface area contributed by atoms with Crippen LogP contribution in [0.4, 0.5) is 0 Å². The van der Waals surface area contributed by atoms with Gasteiger partial charge in [0, 0.05) is 56.2 Å². The van der Waals surface area contributed by atoms with E-state index in [2.05, 4.69) is 99.1 Å². The lowest BCUT2D eigenvalue weighted by Gasteiger charge is -2.19. The molecule has 0 bridgehead atoms. The van der Waals surface area contributed by atoms with Gasteiger partial charge in [0.25, 0.3) is 0 Å². The molecule has 6 aromatic carbocycles. The Morgan fingerprint density at radius 1 is 0.438 bits per heavy atom. The van der Waals surface area contributed by atoms with E-state index in [0.29, 0.717) is 22.3 Å². The van der Waals surface area contributed by atoms with Crippen molar-refractivity contribution in [2.24, 2.45) is 0 Å². The molecule has 0 spiro atoms. The van der Waals surface area contributed by atoms with Gasteiger partial charge in [0.15, 0.2) is 0 Å². The largest absolute Gasteiger partial charge is 0.309 e. The van der Waals surface area contributed by atoms with Crippen LogP contribution in [0.25, 0.3) is 77.2 Å². The molecule has 0 aliphatic heterocycles. The van der Waals surface area contributed by atoms with Gasteiger partial charge < -0.3 is 9.13 Å². The van der Waals surface area contributed by atoms with Crippen molar-refractivity contribution >= 4 is 43.6 Å². The first-order valence-electron chi connectivity index (χ1n) is 15.8. The lowest BCUT2D eigenvalue weighted by molar-refractivity contribution is 1.16. The summed E-state index contributed by atoms with van der Waals surface area (Å²) in [6.07, 6.45) is 3.63. The summed E-state index contributed by atoms with van der Waals surface area (Å²) in [5.41, 5.74) is 9.95. The minimum atomic E-state index is 0.484. The molecule has 0 fully saturated rings. The second-order valence-electron chi connectivity index (χ2n) is 11.8. The van der Waals surface area contributed by atoms with Crippen molar-refractivity contribution in [2.45, 2.75) is 0 Å². The van der Waals surface area contributed by atoms with Crippen LogP contribution in [0.1, 0.15) is 11.1 Å². The molecule has 3 heterocycles. The fourth-order valence-corrected chi connectivity index (χ4v) is 7.36. The maximum atomic E-state index is 10.9. The number of para-hydroxylation sites is 4. The molecule has 5 heteroatoms. The molecule has 0 radical (unpaired) electrons. The molecule has 0 saturated carbocycles. The molecule has 3 aromatic heterocycles. The van der Waals surface area contributed by atoms with Gasteiger partial charge in [-0.15, -0.1) is 0 Å². The first-order valence-corrected chi connectivity index (χ1v) is 15.8. The highest BCUT2D eigenvalue weighted by atomic mass is 15.0. The predicted octanol–water partition coefficient (Wildman–Crippen LogP) is 10.4. The van der Waals surface area contributed by atoms with Gasteiger partial charge >= 0.3 is 0 Å². The van der Waals surface area contributed by atoms with E-state index in [0.717, 1.165) is 66.1 Å². The van der Waals surface area contributed by atoms with Crippen LogP contribution < -0.4 is 0 Å². The first-order chi connectivity index (χ1) is 23.8. The highest BCUT2D eigenvalue weighted by Gasteiger charge is 2.23. The maximum Gasteiger partial charge on any atom is 0.100 e. The van der Waals surface area contributed by atoms with E-state index in [9.17, 15) is 10.5 Å². The SMILES string of the molecule is N#Cc1cccc(-n2c3ccccc3c3ccccc32)c1-c1cccc(-c2cnccc2-n2c3ccccc3c3ccccc32)c1C#N. The van der Waals surface area contributed by atoms with E-state index < -0.39 is 0 Å². The zero-order chi connectivity index (χ0) is 32.2. The third-order valence-electron chi connectivity index (χ3n) is 9.34. The second-order valence-corrected chi connectivity index (χ2v) is 11.8. The minimum Gasteiger partial charge on any atom is -0.309 e. The van der Waals surface area contributed by atoms with Gasteiger partial charge in [-0.05, 0) is 42.5 Å². The Labute approximate surface area is 276 Å². The molecule has 0 unspecified atom stereocenters. The summed E-state index contributed by atoms with van der Waals surface area (Å²) < 4.78 is 4.46. The first kappa shape index (κ1) is 27.4. The Morgan fingerprint density at radius 3 is 1.48 bits per heavy atom. The highest BCUT2D eigenvalue weighted by molar-refractivity contribution is 6.11. The van der Waals surface area contributed by atoms with Crippen LogP contribution in [0.15, 0.2) is 152 Å². The smallest absolute Gasteiger partial charge is 0.100 e. The molecule has 0 aliphatic carbocycles. The minimum absolute atomic E-state index is 0.484. The Balaban J connectivity index is 1.34. The van der Waals surface area contributed by atoms with Gasteiger partial charge in [0.1, 0.15) is 6.07 Å². The fourth-order valence-electron chi connectivity index (χ4n) is 7.36. The maximum absolute atomic E-state index is 10.9. The molecular formula is C43H25N5. The standard InChI is InChI=1S/C43H25N5/c44-25-28-11-9-22-42(48-39-20-7-3-14-32(39)33-15-4-8-21-40(33)48)43(28)34-17-10-16-29(35(34)26-45)36-27-46-24-23-41(36)47-37-18-5-1-12-30(37)31-13-2-6-19-38(31)47/h1-24,27H. The topological polar surface area (TPSA) is 70.3 Å². The fraction of sp³-hybridized carbons (Fsp3) is 0. The van der Waals surface area contributed by atoms with Gasteiger partial charge in [0.05, 0.1) is 50.6 Å². The van der Waals surface area contributed by atoms with Gasteiger partial charge in [-0.2, -0.15) is 10.5 Å². The lowest BCUT2D eigenvalue weighted by Crippen LogP contribution is -2.02. The third kappa shape index (κ3) is 3.92. The number of pyridine rings is 1. The number of aromatic nitrogens is 3. The van der Waals surface area contributed by atoms with E-state index in [1.807, 2.05) is 72.9 Å². The average Bonchev–Trinajstić information content (AvgIpc) is 3.67. The number of rotatable bonds is 4.